The van der Waals surface area contributed by atoms with Gasteiger partial charge in [-0.3, -0.25) is 0 Å². The third-order valence-corrected chi connectivity index (χ3v) is 3.29. The van der Waals surface area contributed by atoms with Crippen LogP contribution in [-0.2, 0) is 0 Å². The van der Waals surface area contributed by atoms with E-state index in [0.717, 1.165) is 19.6 Å². The Morgan fingerprint density at radius 3 is 2.50 bits per heavy atom. The lowest BCUT2D eigenvalue weighted by Gasteiger charge is -2.19. The molecular formula is C13H27ClN2. The molecule has 0 fully saturated rings. The molecule has 1 atom stereocenters. The summed E-state index contributed by atoms with van der Waals surface area (Å²) < 4.78 is 0. The lowest BCUT2D eigenvalue weighted by atomic mass is 10.1. The van der Waals surface area contributed by atoms with Crippen molar-refractivity contribution in [3.8, 4) is 0 Å². The van der Waals surface area contributed by atoms with Gasteiger partial charge in [-0.2, -0.15) is 0 Å². The van der Waals surface area contributed by atoms with Gasteiger partial charge in [-0.15, -0.1) is 0 Å². The Morgan fingerprint density at radius 1 is 1.38 bits per heavy atom. The standard InChI is InChI=1S/C13H27ClN2/c1-5-16(6-2)9-7-8-13(4)15-11-12(3)10-14/h10,13,15H,5-9,11H2,1-4H3. The van der Waals surface area contributed by atoms with Gasteiger partial charge in [0.25, 0.3) is 0 Å². The lowest BCUT2D eigenvalue weighted by Crippen LogP contribution is -2.30. The summed E-state index contributed by atoms with van der Waals surface area (Å²) in [6, 6.07) is 0.571. The van der Waals surface area contributed by atoms with Crippen molar-refractivity contribution in [1.29, 1.82) is 0 Å². The summed E-state index contributed by atoms with van der Waals surface area (Å²) in [5.41, 5.74) is 2.84. The number of hydrogen-bond donors (Lipinski definition) is 1. The average Bonchev–Trinajstić information content (AvgIpc) is 2.31. The van der Waals surface area contributed by atoms with E-state index in [0.29, 0.717) is 6.04 Å². The summed E-state index contributed by atoms with van der Waals surface area (Å²) in [5, 5.41) is 3.47. The van der Waals surface area contributed by atoms with Crippen LogP contribution < -0.4 is 5.32 Å². The first-order valence-electron chi connectivity index (χ1n) is 6.35. The molecule has 0 aromatic heterocycles. The number of nitrogens with one attached hydrogen (secondary N) is 1. The molecule has 0 spiro atoms. The molecule has 0 bridgehead atoms. The first-order valence-corrected chi connectivity index (χ1v) is 6.79. The second kappa shape index (κ2) is 10.1. The maximum Gasteiger partial charge on any atom is 0.0176 e. The van der Waals surface area contributed by atoms with Crippen LogP contribution in [0.5, 0.6) is 0 Å². The van der Waals surface area contributed by atoms with E-state index in [4.69, 9.17) is 11.6 Å². The van der Waals surface area contributed by atoms with Crippen LogP contribution in [0.3, 0.4) is 0 Å². The normalized spacial score (nSPS) is 14.5. The summed E-state index contributed by atoms with van der Waals surface area (Å²) in [4.78, 5) is 2.47. The fraction of sp³-hybridized carbons (Fsp3) is 0.846. The number of halogens is 1. The summed E-state index contributed by atoms with van der Waals surface area (Å²) in [6.07, 6.45) is 2.49. The van der Waals surface area contributed by atoms with Crippen LogP contribution in [0, 0.1) is 0 Å². The first kappa shape index (κ1) is 16.0. The first-order chi connectivity index (χ1) is 7.63. The van der Waals surface area contributed by atoms with Crippen molar-refractivity contribution in [3.63, 3.8) is 0 Å². The van der Waals surface area contributed by atoms with Crippen LogP contribution in [0.2, 0.25) is 0 Å². The average molecular weight is 247 g/mol. The highest BCUT2D eigenvalue weighted by Gasteiger charge is 2.03. The number of nitrogens with zero attached hydrogens (tertiary/aromatic N) is 1. The van der Waals surface area contributed by atoms with E-state index in [2.05, 4.69) is 31.0 Å². The Labute approximate surface area is 106 Å². The Morgan fingerprint density at radius 2 is 2.00 bits per heavy atom. The highest BCUT2D eigenvalue weighted by atomic mass is 35.5. The van der Waals surface area contributed by atoms with Crippen LogP contribution >= 0.6 is 11.6 Å². The Balaban J connectivity index is 3.53. The molecule has 0 heterocycles. The molecule has 3 heteroatoms. The molecule has 1 N–H and O–H groups in total. The van der Waals surface area contributed by atoms with E-state index >= 15 is 0 Å². The predicted octanol–water partition coefficient (Wildman–Crippen LogP) is 3.23. The molecule has 16 heavy (non-hydrogen) atoms. The van der Waals surface area contributed by atoms with Crippen LogP contribution in [0.25, 0.3) is 0 Å². The van der Waals surface area contributed by atoms with Crippen molar-refractivity contribution >= 4 is 11.6 Å². The van der Waals surface area contributed by atoms with Crippen molar-refractivity contribution in [2.75, 3.05) is 26.2 Å². The van der Waals surface area contributed by atoms with Crippen molar-refractivity contribution in [2.45, 2.75) is 46.6 Å². The summed E-state index contributed by atoms with van der Waals surface area (Å²) in [6.45, 7) is 13.2. The van der Waals surface area contributed by atoms with Gasteiger partial charge in [0.2, 0.25) is 0 Å². The van der Waals surface area contributed by atoms with Gasteiger partial charge >= 0.3 is 0 Å². The minimum atomic E-state index is 0.571. The van der Waals surface area contributed by atoms with Gasteiger partial charge in [0.05, 0.1) is 0 Å². The molecule has 0 saturated heterocycles. The molecule has 0 rings (SSSR count). The van der Waals surface area contributed by atoms with Gasteiger partial charge in [-0.05, 0) is 51.9 Å². The molecule has 0 saturated carbocycles. The fourth-order valence-electron chi connectivity index (χ4n) is 1.64. The number of rotatable bonds is 9. The van der Waals surface area contributed by atoms with Gasteiger partial charge in [0, 0.05) is 18.1 Å². The number of hydrogen-bond acceptors (Lipinski definition) is 2. The quantitative estimate of drug-likeness (QED) is 0.672. The molecule has 0 aliphatic heterocycles. The zero-order valence-corrected chi connectivity index (χ0v) is 12.0. The van der Waals surface area contributed by atoms with Crippen molar-refractivity contribution in [3.05, 3.63) is 11.1 Å². The van der Waals surface area contributed by atoms with Gasteiger partial charge in [0.15, 0.2) is 0 Å². The predicted molar refractivity (Wildman–Crippen MR) is 74.1 cm³/mol. The third-order valence-electron chi connectivity index (χ3n) is 2.92. The van der Waals surface area contributed by atoms with E-state index < -0.39 is 0 Å². The molecule has 0 aliphatic rings. The molecule has 96 valence electrons. The highest BCUT2D eigenvalue weighted by molar-refractivity contribution is 6.25. The second-order valence-electron chi connectivity index (χ2n) is 4.41. The molecule has 0 aromatic rings. The van der Waals surface area contributed by atoms with Crippen molar-refractivity contribution < 1.29 is 0 Å². The Hall–Kier alpha value is -0.0500. The van der Waals surface area contributed by atoms with Gasteiger partial charge < -0.3 is 10.2 Å². The molecule has 2 nitrogen and oxygen atoms in total. The van der Waals surface area contributed by atoms with Crippen LogP contribution in [0.1, 0.15) is 40.5 Å². The van der Waals surface area contributed by atoms with Crippen molar-refractivity contribution in [2.24, 2.45) is 0 Å². The molecular weight excluding hydrogens is 220 g/mol. The topological polar surface area (TPSA) is 15.3 Å². The minimum absolute atomic E-state index is 0.571. The van der Waals surface area contributed by atoms with Gasteiger partial charge in [-0.25, -0.2) is 0 Å². The maximum atomic E-state index is 5.61. The van der Waals surface area contributed by atoms with Crippen LogP contribution in [0.4, 0.5) is 0 Å². The minimum Gasteiger partial charge on any atom is -0.311 e. The molecule has 0 aromatic carbocycles. The SMILES string of the molecule is CCN(CC)CCCC(C)NCC(C)=CCl. The summed E-state index contributed by atoms with van der Waals surface area (Å²) >= 11 is 5.61. The molecule has 0 amide bonds. The van der Waals surface area contributed by atoms with E-state index in [1.54, 1.807) is 5.54 Å². The van der Waals surface area contributed by atoms with Gasteiger partial charge in [-0.1, -0.05) is 25.4 Å². The van der Waals surface area contributed by atoms with Crippen molar-refractivity contribution in [1.82, 2.24) is 10.2 Å². The third kappa shape index (κ3) is 8.14. The molecule has 1 unspecified atom stereocenters. The largest absolute Gasteiger partial charge is 0.311 e. The summed E-state index contributed by atoms with van der Waals surface area (Å²) in [5.74, 6) is 0. The fourth-order valence-corrected chi connectivity index (χ4v) is 1.71. The zero-order chi connectivity index (χ0) is 12.4. The van der Waals surface area contributed by atoms with Crippen LogP contribution in [-0.4, -0.2) is 37.1 Å². The van der Waals surface area contributed by atoms with Crippen LogP contribution in [0.15, 0.2) is 11.1 Å². The Kier molecular flexibility index (Phi) is 10.1. The summed E-state index contributed by atoms with van der Waals surface area (Å²) in [7, 11) is 0. The highest BCUT2D eigenvalue weighted by Crippen LogP contribution is 2.01. The van der Waals surface area contributed by atoms with E-state index in [9.17, 15) is 0 Å². The zero-order valence-electron chi connectivity index (χ0n) is 11.2. The maximum absolute atomic E-state index is 5.61. The van der Waals surface area contributed by atoms with E-state index in [1.165, 1.54) is 25.0 Å². The van der Waals surface area contributed by atoms with E-state index in [1.807, 2.05) is 6.92 Å². The monoisotopic (exact) mass is 246 g/mol. The molecule has 0 radical (unpaired) electrons. The molecule has 0 aliphatic carbocycles. The lowest BCUT2D eigenvalue weighted by molar-refractivity contribution is 0.291. The second-order valence-corrected chi connectivity index (χ2v) is 4.62. The Bertz CT molecular complexity index is 188. The van der Waals surface area contributed by atoms with E-state index in [-0.39, 0.29) is 0 Å². The van der Waals surface area contributed by atoms with Gasteiger partial charge in [0.1, 0.15) is 0 Å². The smallest absolute Gasteiger partial charge is 0.0176 e.